The first kappa shape index (κ1) is 10.2. The van der Waals surface area contributed by atoms with E-state index in [1.807, 2.05) is 20.8 Å². The van der Waals surface area contributed by atoms with Crippen LogP contribution in [0.25, 0.3) is 0 Å². The van der Waals surface area contributed by atoms with Crippen LogP contribution >= 0.6 is 0 Å². The highest BCUT2D eigenvalue weighted by molar-refractivity contribution is 5.68. The quantitative estimate of drug-likeness (QED) is 0.781. The van der Waals surface area contributed by atoms with Gasteiger partial charge in [0.1, 0.15) is 17.8 Å². The Kier molecular flexibility index (Phi) is 2.79. The van der Waals surface area contributed by atoms with Crippen molar-refractivity contribution in [1.82, 2.24) is 19.7 Å². The number of aromatic nitrogens is 3. The maximum atomic E-state index is 12.0. The molecule has 1 aromatic rings. The maximum absolute atomic E-state index is 12.0. The fraction of sp³-hybridized carbons (Fsp3) is 0.769. The molecule has 1 aromatic heterocycles. The summed E-state index contributed by atoms with van der Waals surface area (Å²) in [5.41, 5.74) is -0.518. The lowest BCUT2D eigenvalue weighted by Crippen LogP contribution is -2.41. The van der Waals surface area contributed by atoms with Gasteiger partial charge in [0.15, 0.2) is 0 Å². The van der Waals surface area contributed by atoms with Crippen molar-refractivity contribution in [3.05, 3.63) is 12.2 Å². The Balaban J connectivity index is 1.99. The Bertz CT molecular complexity index is 528. The van der Waals surface area contributed by atoms with Gasteiger partial charge in [-0.2, -0.15) is 0 Å². The molecule has 0 bridgehead atoms. The number of carbonyl (C=O) groups is 1. The molecule has 2 rings (SSSR count). The summed E-state index contributed by atoms with van der Waals surface area (Å²) in [4.78, 5) is 13.7. The lowest BCUT2D eigenvalue weighted by molar-refractivity contribution is 0.0202. The third-order valence-electron chi connectivity index (χ3n) is 3.09. The zero-order valence-electron chi connectivity index (χ0n) is 14.6. The molecule has 1 amide bonds. The van der Waals surface area contributed by atoms with Gasteiger partial charge in [0.25, 0.3) is 0 Å². The van der Waals surface area contributed by atoms with Crippen LogP contribution in [0.2, 0.25) is 0 Å². The van der Waals surface area contributed by atoms with Crippen molar-refractivity contribution in [3.63, 3.8) is 0 Å². The summed E-state index contributed by atoms with van der Waals surface area (Å²) in [7, 11) is 0. The first-order chi connectivity index (χ1) is 10.1. The standard InChI is InChI=1S/C13H22N4O2/c1-13(2,3)19-12(18)17-7-5-10(6-8-17)11-15-14-9-16(11)4/h9-10H,5-8H2,1-4H3/i4D3. The van der Waals surface area contributed by atoms with E-state index in [4.69, 9.17) is 8.85 Å². The highest BCUT2D eigenvalue weighted by Gasteiger charge is 2.29. The van der Waals surface area contributed by atoms with Crippen LogP contribution in [0, 0.1) is 0 Å². The van der Waals surface area contributed by atoms with E-state index in [0.717, 1.165) is 4.57 Å². The van der Waals surface area contributed by atoms with E-state index in [2.05, 4.69) is 10.2 Å². The number of aryl methyl sites for hydroxylation is 1. The van der Waals surface area contributed by atoms with E-state index in [9.17, 15) is 4.79 Å². The molecule has 1 aliphatic rings. The minimum Gasteiger partial charge on any atom is -0.444 e. The number of ether oxygens (including phenoxy) is 1. The number of rotatable bonds is 1. The molecule has 0 N–H and O–H groups in total. The fourth-order valence-electron chi connectivity index (χ4n) is 2.17. The van der Waals surface area contributed by atoms with Crippen molar-refractivity contribution in [3.8, 4) is 0 Å². The van der Waals surface area contributed by atoms with Gasteiger partial charge in [0.2, 0.25) is 0 Å². The molecule has 0 unspecified atom stereocenters. The van der Waals surface area contributed by atoms with Gasteiger partial charge in [-0.25, -0.2) is 4.79 Å². The SMILES string of the molecule is [2H]C([2H])([2H])n1cnnc1C1CCN(C(=O)OC(C)(C)C)CC1. The average molecular weight is 269 g/mol. The number of hydrogen-bond acceptors (Lipinski definition) is 4. The monoisotopic (exact) mass is 269 g/mol. The number of likely N-dealkylation sites (tertiary alicyclic amines) is 1. The number of nitrogens with zero attached hydrogens (tertiary/aromatic N) is 4. The predicted octanol–water partition coefficient (Wildman–Crippen LogP) is 1.93. The third-order valence-corrected chi connectivity index (χ3v) is 3.09. The van der Waals surface area contributed by atoms with Gasteiger partial charge in [-0.05, 0) is 33.6 Å². The molecule has 0 saturated carbocycles. The molecule has 2 heterocycles. The topological polar surface area (TPSA) is 60.2 Å². The van der Waals surface area contributed by atoms with Crippen molar-refractivity contribution in [2.24, 2.45) is 6.98 Å². The maximum Gasteiger partial charge on any atom is 0.410 e. The second-order valence-electron chi connectivity index (χ2n) is 5.80. The van der Waals surface area contributed by atoms with Crippen LogP contribution in [0.15, 0.2) is 6.33 Å². The molecule has 0 aliphatic carbocycles. The molecule has 6 heteroatoms. The number of amides is 1. The van der Waals surface area contributed by atoms with Crippen molar-refractivity contribution in [1.29, 1.82) is 0 Å². The lowest BCUT2D eigenvalue weighted by atomic mass is 9.96. The van der Waals surface area contributed by atoms with E-state index in [1.54, 1.807) is 4.90 Å². The normalized spacial score (nSPS) is 20.6. The van der Waals surface area contributed by atoms with Gasteiger partial charge in [-0.1, -0.05) is 0 Å². The average Bonchev–Trinajstić information content (AvgIpc) is 2.86. The van der Waals surface area contributed by atoms with E-state index < -0.39 is 12.6 Å². The molecule has 1 saturated heterocycles. The van der Waals surface area contributed by atoms with Gasteiger partial charge in [-0.3, -0.25) is 0 Å². The molecule has 1 fully saturated rings. The highest BCUT2D eigenvalue weighted by atomic mass is 16.6. The first-order valence-electron chi connectivity index (χ1n) is 7.96. The van der Waals surface area contributed by atoms with Gasteiger partial charge >= 0.3 is 6.09 Å². The Morgan fingerprint density at radius 3 is 2.74 bits per heavy atom. The van der Waals surface area contributed by atoms with E-state index in [0.29, 0.717) is 31.8 Å². The Labute approximate surface area is 118 Å². The number of piperidine rings is 1. The van der Waals surface area contributed by atoms with E-state index >= 15 is 0 Å². The van der Waals surface area contributed by atoms with Crippen LogP contribution in [-0.4, -0.2) is 44.4 Å². The third kappa shape index (κ3) is 3.45. The summed E-state index contributed by atoms with van der Waals surface area (Å²) in [6.07, 6.45) is 2.20. The van der Waals surface area contributed by atoms with Crippen LogP contribution < -0.4 is 0 Å². The Morgan fingerprint density at radius 1 is 1.47 bits per heavy atom. The van der Waals surface area contributed by atoms with E-state index in [-0.39, 0.29) is 12.0 Å². The predicted molar refractivity (Wildman–Crippen MR) is 70.8 cm³/mol. The molecular formula is C13H22N4O2. The molecule has 19 heavy (non-hydrogen) atoms. The van der Waals surface area contributed by atoms with E-state index in [1.165, 1.54) is 6.33 Å². The molecule has 106 valence electrons. The molecule has 0 atom stereocenters. The van der Waals surface area contributed by atoms with Crippen molar-refractivity contribution < 1.29 is 13.6 Å². The van der Waals surface area contributed by atoms with Gasteiger partial charge in [0.05, 0.1) is 0 Å². The fourth-order valence-corrected chi connectivity index (χ4v) is 2.17. The number of hydrogen-bond donors (Lipinski definition) is 0. The van der Waals surface area contributed by atoms with Crippen molar-refractivity contribution in [2.75, 3.05) is 13.1 Å². The van der Waals surface area contributed by atoms with Crippen LogP contribution in [0.1, 0.15) is 49.5 Å². The van der Waals surface area contributed by atoms with Crippen LogP contribution in [-0.2, 0) is 11.7 Å². The lowest BCUT2D eigenvalue weighted by Gasteiger charge is -2.33. The van der Waals surface area contributed by atoms with Gasteiger partial charge in [0, 0.05) is 30.1 Å². The summed E-state index contributed by atoms with van der Waals surface area (Å²) in [5, 5.41) is 7.67. The second-order valence-corrected chi connectivity index (χ2v) is 5.80. The van der Waals surface area contributed by atoms with Crippen LogP contribution in [0.4, 0.5) is 4.79 Å². The van der Waals surface area contributed by atoms with Crippen LogP contribution in [0.3, 0.4) is 0 Å². The second kappa shape index (κ2) is 5.19. The summed E-state index contributed by atoms with van der Waals surface area (Å²) in [6, 6.07) is 0. The summed E-state index contributed by atoms with van der Waals surface area (Å²) in [5.74, 6) is 0.449. The molecule has 0 spiro atoms. The zero-order valence-corrected chi connectivity index (χ0v) is 11.6. The Morgan fingerprint density at radius 2 is 2.16 bits per heavy atom. The minimum atomic E-state index is -2.28. The van der Waals surface area contributed by atoms with Crippen molar-refractivity contribution >= 4 is 6.09 Å². The van der Waals surface area contributed by atoms with Gasteiger partial charge < -0.3 is 14.2 Å². The smallest absolute Gasteiger partial charge is 0.410 e. The van der Waals surface area contributed by atoms with Crippen LogP contribution in [0.5, 0.6) is 0 Å². The largest absolute Gasteiger partial charge is 0.444 e. The summed E-state index contributed by atoms with van der Waals surface area (Å²) in [6.45, 7) is 4.26. The molecule has 0 aromatic carbocycles. The highest BCUT2D eigenvalue weighted by Crippen LogP contribution is 2.26. The first-order valence-corrected chi connectivity index (χ1v) is 6.46. The minimum absolute atomic E-state index is 0.0124. The van der Waals surface area contributed by atoms with Gasteiger partial charge in [-0.15, -0.1) is 10.2 Å². The zero-order chi connectivity index (χ0) is 16.5. The number of carbonyl (C=O) groups excluding carboxylic acids is 1. The molecule has 6 nitrogen and oxygen atoms in total. The molecule has 0 radical (unpaired) electrons. The Hall–Kier alpha value is -1.59. The summed E-state index contributed by atoms with van der Waals surface area (Å²) >= 11 is 0. The molecule has 1 aliphatic heterocycles. The molecular weight excluding hydrogens is 244 g/mol. The summed E-state index contributed by atoms with van der Waals surface area (Å²) < 4.78 is 28.9. The van der Waals surface area contributed by atoms with Crippen molar-refractivity contribution in [2.45, 2.75) is 45.1 Å².